The molecule has 0 unspecified atom stereocenters. The van der Waals surface area contributed by atoms with Crippen LogP contribution in [0.25, 0.3) is 0 Å². The second kappa shape index (κ2) is 6.56. The third kappa shape index (κ3) is 3.55. The molecule has 1 amide bonds. The third-order valence-corrected chi connectivity index (χ3v) is 3.61. The summed E-state index contributed by atoms with van der Waals surface area (Å²) in [4.78, 5) is 27.5. The van der Waals surface area contributed by atoms with Crippen LogP contribution in [0.4, 0.5) is 5.95 Å². The van der Waals surface area contributed by atoms with Crippen LogP contribution in [0.5, 0.6) is 0 Å². The maximum atomic E-state index is 12.3. The van der Waals surface area contributed by atoms with Crippen LogP contribution in [0, 0.1) is 6.92 Å². The minimum atomic E-state index is -1.23. The van der Waals surface area contributed by atoms with Crippen molar-refractivity contribution in [3.63, 3.8) is 0 Å². The Morgan fingerprint density at radius 3 is 2.64 bits per heavy atom. The van der Waals surface area contributed by atoms with Gasteiger partial charge in [-0.05, 0) is 12.5 Å². The lowest BCUT2D eigenvalue weighted by Crippen LogP contribution is -2.20. The number of anilines is 1. The van der Waals surface area contributed by atoms with Gasteiger partial charge in [-0.25, -0.2) is 14.5 Å². The van der Waals surface area contributed by atoms with E-state index in [-0.39, 0.29) is 17.2 Å². The van der Waals surface area contributed by atoms with E-state index >= 15 is 0 Å². The van der Waals surface area contributed by atoms with E-state index < -0.39 is 11.9 Å². The number of carbonyl (C=O) groups is 2. The van der Waals surface area contributed by atoms with Gasteiger partial charge in [-0.2, -0.15) is 5.10 Å². The first kappa shape index (κ1) is 16.4. The summed E-state index contributed by atoms with van der Waals surface area (Å²) >= 11 is 0. The molecule has 9 nitrogen and oxygen atoms in total. The highest BCUT2D eigenvalue weighted by molar-refractivity contribution is 6.08. The van der Waals surface area contributed by atoms with Crippen LogP contribution in [-0.4, -0.2) is 41.5 Å². The quantitative estimate of drug-likeness (QED) is 0.724. The van der Waals surface area contributed by atoms with E-state index in [1.807, 2.05) is 31.2 Å². The molecule has 9 heteroatoms. The summed E-state index contributed by atoms with van der Waals surface area (Å²) in [5.74, 6) is -1.77. The highest BCUT2D eigenvalue weighted by Crippen LogP contribution is 2.11. The molecular formula is C16H16N6O3. The lowest BCUT2D eigenvalue weighted by molar-refractivity contribution is 0.0692. The second-order valence-corrected chi connectivity index (χ2v) is 5.54. The van der Waals surface area contributed by atoms with Gasteiger partial charge in [0.05, 0.1) is 12.7 Å². The van der Waals surface area contributed by atoms with Gasteiger partial charge in [0.1, 0.15) is 17.6 Å². The maximum absolute atomic E-state index is 12.3. The number of aryl methyl sites for hydroxylation is 2. The third-order valence-electron chi connectivity index (χ3n) is 3.61. The van der Waals surface area contributed by atoms with Crippen LogP contribution >= 0.6 is 0 Å². The Morgan fingerprint density at radius 1 is 1.24 bits per heavy atom. The van der Waals surface area contributed by atoms with Crippen molar-refractivity contribution in [3.8, 4) is 0 Å². The van der Waals surface area contributed by atoms with Crippen molar-refractivity contribution in [2.24, 2.45) is 7.05 Å². The van der Waals surface area contributed by atoms with E-state index in [1.54, 1.807) is 4.68 Å². The summed E-state index contributed by atoms with van der Waals surface area (Å²) in [6.07, 6.45) is 2.62. The van der Waals surface area contributed by atoms with Crippen LogP contribution in [0.3, 0.4) is 0 Å². The van der Waals surface area contributed by atoms with Gasteiger partial charge in [0, 0.05) is 7.05 Å². The molecule has 0 radical (unpaired) electrons. The number of benzene rings is 1. The number of hydrogen-bond donors (Lipinski definition) is 2. The van der Waals surface area contributed by atoms with Crippen molar-refractivity contribution in [2.75, 3.05) is 5.32 Å². The molecule has 2 N–H and O–H groups in total. The highest BCUT2D eigenvalue weighted by Gasteiger charge is 2.22. The fourth-order valence-electron chi connectivity index (χ4n) is 2.33. The number of amides is 1. The van der Waals surface area contributed by atoms with Crippen molar-refractivity contribution in [1.29, 1.82) is 0 Å². The molecule has 128 valence electrons. The Balaban J connectivity index is 1.73. The summed E-state index contributed by atoms with van der Waals surface area (Å²) in [5.41, 5.74) is 1.97. The molecule has 25 heavy (non-hydrogen) atoms. The zero-order chi connectivity index (χ0) is 18.0. The highest BCUT2D eigenvalue weighted by atomic mass is 16.4. The first-order chi connectivity index (χ1) is 11.9. The van der Waals surface area contributed by atoms with Crippen molar-refractivity contribution in [2.45, 2.75) is 13.5 Å². The molecule has 0 spiro atoms. The number of carboxylic acids is 1. The van der Waals surface area contributed by atoms with E-state index in [0.29, 0.717) is 6.54 Å². The molecule has 3 rings (SSSR count). The Labute approximate surface area is 142 Å². The average molecular weight is 340 g/mol. The molecular weight excluding hydrogens is 324 g/mol. The molecule has 0 aliphatic heterocycles. The molecule has 2 aromatic heterocycles. The van der Waals surface area contributed by atoms with E-state index in [2.05, 4.69) is 20.5 Å². The minimum Gasteiger partial charge on any atom is -0.478 e. The molecule has 0 atom stereocenters. The smallest absolute Gasteiger partial charge is 0.339 e. The average Bonchev–Trinajstić information content (AvgIpc) is 3.16. The number of carbonyl (C=O) groups excluding carboxylic acids is 1. The van der Waals surface area contributed by atoms with Crippen molar-refractivity contribution >= 4 is 17.8 Å². The Morgan fingerprint density at radius 2 is 1.96 bits per heavy atom. The van der Waals surface area contributed by atoms with Gasteiger partial charge >= 0.3 is 5.97 Å². The largest absolute Gasteiger partial charge is 0.478 e. The first-order valence-corrected chi connectivity index (χ1v) is 7.45. The predicted molar refractivity (Wildman–Crippen MR) is 88.4 cm³/mol. The van der Waals surface area contributed by atoms with Crippen molar-refractivity contribution in [1.82, 2.24) is 24.5 Å². The maximum Gasteiger partial charge on any atom is 0.339 e. The number of rotatable bonds is 5. The number of carboxylic acid groups (broad SMARTS) is 1. The number of aromatic carboxylic acids is 1. The summed E-state index contributed by atoms with van der Waals surface area (Å²) in [6.45, 7) is 2.52. The van der Waals surface area contributed by atoms with Gasteiger partial charge < -0.3 is 5.11 Å². The topological polar surface area (TPSA) is 115 Å². The molecule has 0 aliphatic carbocycles. The number of nitrogens with one attached hydrogen (secondary N) is 1. The number of hydrogen-bond acceptors (Lipinski definition) is 5. The van der Waals surface area contributed by atoms with Crippen molar-refractivity contribution in [3.05, 3.63) is 59.2 Å². The van der Waals surface area contributed by atoms with Gasteiger partial charge in [0.2, 0.25) is 5.95 Å². The van der Waals surface area contributed by atoms with Crippen LogP contribution in [0.2, 0.25) is 0 Å². The normalized spacial score (nSPS) is 10.6. The first-order valence-electron chi connectivity index (χ1n) is 7.45. The lowest BCUT2D eigenvalue weighted by atomic mass is 10.1. The molecule has 0 fully saturated rings. The van der Waals surface area contributed by atoms with Gasteiger partial charge in [-0.15, -0.1) is 5.10 Å². The standard InChI is InChI=1S/C16H16N6O3/c1-10-3-5-11(6-4-10)8-22-9-17-16(20-22)19-14(23)13-12(15(24)25)7-18-21(13)2/h3-7,9H,8H2,1-2H3,(H,24,25)(H,19,20,23). The molecule has 0 bridgehead atoms. The lowest BCUT2D eigenvalue weighted by Gasteiger charge is -2.03. The zero-order valence-corrected chi connectivity index (χ0v) is 13.7. The predicted octanol–water partition coefficient (Wildman–Crippen LogP) is 1.32. The summed E-state index contributed by atoms with van der Waals surface area (Å²) in [7, 11) is 1.49. The molecule has 0 aliphatic rings. The number of nitrogens with zero attached hydrogens (tertiary/aromatic N) is 5. The summed E-state index contributed by atoms with van der Waals surface area (Å²) in [6, 6.07) is 7.99. The fourth-order valence-corrected chi connectivity index (χ4v) is 2.33. The van der Waals surface area contributed by atoms with E-state index in [0.717, 1.165) is 11.8 Å². The monoisotopic (exact) mass is 340 g/mol. The molecule has 1 aromatic carbocycles. The van der Waals surface area contributed by atoms with Gasteiger partial charge in [-0.1, -0.05) is 29.8 Å². The van der Waals surface area contributed by atoms with Gasteiger partial charge in [-0.3, -0.25) is 14.8 Å². The van der Waals surface area contributed by atoms with Crippen LogP contribution in [0.15, 0.2) is 36.8 Å². The summed E-state index contributed by atoms with van der Waals surface area (Å²) < 4.78 is 2.78. The van der Waals surface area contributed by atoms with Crippen LogP contribution in [-0.2, 0) is 13.6 Å². The molecule has 0 saturated carbocycles. The fraction of sp³-hybridized carbons (Fsp3) is 0.188. The SMILES string of the molecule is Cc1ccc(Cn2cnc(NC(=O)c3c(C(=O)O)cnn3C)n2)cc1. The van der Waals surface area contributed by atoms with E-state index in [4.69, 9.17) is 5.11 Å². The van der Waals surface area contributed by atoms with Crippen LogP contribution in [0.1, 0.15) is 32.0 Å². The van der Waals surface area contributed by atoms with Gasteiger partial charge in [0.15, 0.2) is 0 Å². The second-order valence-electron chi connectivity index (χ2n) is 5.54. The molecule has 0 saturated heterocycles. The van der Waals surface area contributed by atoms with E-state index in [1.165, 1.54) is 23.6 Å². The Bertz CT molecular complexity index is 926. The Hall–Kier alpha value is -3.49. The van der Waals surface area contributed by atoms with Gasteiger partial charge in [0.25, 0.3) is 5.91 Å². The zero-order valence-electron chi connectivity index (χ0n) is 13.7. The number of aromatic nitrogens is 5. The molecule has 2 heterocycles. The van der Waals surface area contributed by atoms with Crippen molar-refractivity contribution < 1.29 is 14.7 Å². The minimum absolute atomic E-state index is 0.0672. The molecule has 3 aromatic rings. The summed E-state index contributed by atoms with van der Waals surface area (Å²) in [5, 5.41) is 19.6. The van der Waals surface area contributed by atoms with E-state index in [9.17, 15) is 9.59 Å². The Kier molecular flexibility index (Phi) is 4.29. The van der Waals surface area contributed by atoms with Crippen LogP contribution < -0.4 is 5.32 Å².